The van der Waals surface area contributed by atoms with E-state index in [2.05, 4.69) is 15.3 Å². The lowest BCUT2D eigenvalue weighted by Gasteiger charge is -2.24. The van der Waals surface area contributed by atoms with Crippen LogP contribution in [0.2, 0.25) is 0 Å². The summed E-state index contributed by atoms with van der Waals surface area (Å²) in [5, 5.41) is 3.29. The number of anilines is 3. The molecule has 0 bridgehead atoms. The van der Waals surface area contributed by atoms with Crippen LogP contribution < -0.4 is 15.0 Å². The standard InChI is InChI=1S/C18H24N4O3S/c1-12-5-6-16(25-4)15(9-12)20-17-10-13(2)19-18(21-17)22(3)14-7-8-26(23,24)11-14/h5-6,9-10,14H,7-8,11H2,1-4H3,(H,19,20,21). The maximum absolute atomic E-state index is 11.8. The molecule has 1 N–H and O–H groups in total. The first-order valence-corrected chi connectivity index (χ1v) is 10.3. The third-order valence-corrected chi connectivity index (χ3v) is 6.28. The molecule has 3 rings (SSSR count). The molecule has 1 fully saturated rings. The molecule has 1 atom stereocenters. The topological polar surface area (TPSA) is 84.4 Å². The summed E-state index contributed by atoms with van der Waals surface area (Å²) >= 11 is 0. The van der Waals surface area contributed by atoms with Gasteiger partial charge in [-0.15, -0.1) is 0 Å². The van der Waals surface area contributed by atoms with Gasteiger partial charge in [0.25, 0.3) is 0 Å². The Bertz CT molecular complexity index is 915. The number of sulfone groups is 1. The quantitative estimate of drug-likeness (QED) is 0.858. The minimum absolute atomic E-state index is 0.0943. The molecular formula is C18H24N4O3S. The van der Waals surface area contributed by atoms with Crippen molar-refractivity contribution in [3.8, 4) is 5.75 Å². The lowest BCUT2D eigenvalue weighted by molar-refractivity contribution is 0.416. The van der Waals surface area contributed by atoms with Gasteiger partial charge in [-0.1, -0.05) is 6.07 Å². The molecule has 1 aliphatic heterocycles. The molecule has 0 spiro atoms. The monoisotopic (exact) mass is 376 g/mol. The molecule has 0 radical (unpaired) electrons. The van der Waals surface area contributed by atoms with Gasteiger partial charge in [-0.25, -0.2) is 13.4 Å². The highest BCUT2D eigenvalue weighted by Gasteiger charge is 2.31. The van der Waals surface area contributed by atoms with Crippen LogP contribution >= 0.6 is 0 Å². The molecule has 2 heterocycles. The van der Waals surface area contributed by atoms with Crippen LogP contribution in [0.5, 0.6) is 5.75 Å². The highest BCUT2D eigenvalue weighted by molar-refractivity contribution is 7.91. The highest BCUT2D eigenvalue weighted by Crippen LogP contribution is 2.29. The number of methoxy groups -OCH3 is 1. The van der Waals surface area contributed by atoms with Crippen LogP contribution in [-0.4, -0.2) is 50.1 Å². The second-order valence-electron chi connectivity index (χ2n) is 6.69. The molecule has 1 aliphatic rings. The summed E-state index contributed by atoms with van der Waals surface area (Å²) in [6.45, 7) is 3.90. The summed E-state index contributed by atoms with van der Waals surface area (Å²) in [5.41, 5.74) is 2.73. The Kier molecular flexibility index (Phi) is 5.04. The molecule has 140 valence electrons. The molecule has 0 aliphatic carbocycles. The molecule has 1 aromatic carbocycles. The highest BCUT2D eigenvalue weighted by atomic mass is 32.2. The van der Waals surface area contributed by atoms with Crippen molar-refractivity contribution in [2.45, 2.75) is 26.3 Å². The lowest BCUT2D eigenvalue weighted by atomic mass is 10.2. The molecule has 2 aromatic rings. The fraction of sp³-hybridized carbons (Fsp3) is 0.444. The minimum atomic E-state index is -2.96. The minimum Gasteiger partial charge on any atom is -0.495 e. The van der Waals surface area contributed by atoms with Crippen molar-refractivity contribution >= 4 is 27.3 Å². The van der Waals surface area contributed by atoms with Crippen LogP contribution in [0.4, 0.5) is 17.5 Å². The zero-order valence-electron chi connectivity index (χ0n) is 15.5. The van der Waals surface area contributed by atoms with Gasteiger partial charge in [0.15, 0.2) is 9.84 Å². The Hall–Kier alpha value is -2.35. The Morgan fingerprint density at radius 1 is 1.23 bits per heavy atom. The van der Waals surface area contributed by atoms with E-state index in [1.807, 2.05) is 50.1 Å². The predicted molar refractivity (Wildman–Crippen MR) is 103 cm³/mol. The normalized spacial score (nSPS) is 18.5. The molecule has 0 amide bonds. The average molecular weight is 376 g/mol. The van der Waals surface area contributed by atoms with Crippen LogP contribution in [0.15, 0.2) is 24.3 Å². The Balaban J connectivity index is 1.88. The SMILES string of the molecule is COc1ccc(C)cc1Nc1cc(C)nc(N(C)C2CCS(=O)(=O)C2)n1. The van der Waals surface area contributed by atoms with Gasteiger partial charge in [-0.05, 0) is 38.0 Å². The van der Waals surface area contributed by atoms with Gasteiger partial charge >= 0.3 is 0 Å². The maximum atomic E-state index is 11.8. The van der Waals surface area contributed by atoms with Gasteiger partial charge in [0.05, 0.1) is 24.3 Å². The van der Waals surface area contributed by atoms with Crippen molar-refractivity contribution in [1.29, 1.82) is 0 Å². The van der Waals surface area contributed by atoms with E-state index in [1.54, 1.807) is 7.11 Å². The molecule has 0 saturated carbocycles. The number of ether oxygens (including phenoxy) is 1. The van der Waals surface area contributed by atoms with Crippen molar-refractivity contribution in [1.82, 2.24) is 9.97 Å². The Labute approximate surface area is 154 Å². The number of aromatic nitrogens is 2. The van der Waals surface area contributed by atoms with Gasteiger partial charge in [-0.2, -0.15) is 4.98 Å². The first-order chi connectivity index (χ1) is 12.3. The number of hydrogen-bond acceptors (Lipinski definition) is 7. The summed E-state index contributed by atoms with van der Waals surface area (Å²) in [6, 6.07) is 7.63. The van der Waals surface area contributed by atoms with Crippen LogP contribution in [0, 0.1) is 13.8 Å². The first-order valence-electron chi connectivity index (χ1n) is 8.48. The van der Waals surface area contributed by atoms with Gasteiger partial charge < -0.3 is 15.0 Å². The fourth-order valence-electron chi connectivity index (χ4n) is 3.08. The molecular weight excluding hydrogens is 352 g/mol. The molecule has 1 aromatic heterocycles. The van der Waals surface area contributed by atoms with E-state index in [0.717, 1.165) is 22.7 Å². The summed E-state index contributed by atoms with van der Waals surface area (Å²) in [5.74, 6) is 2.25. The lowest BCUT2D eigenvalue weighted by Crippen LogP contribution is -2.34. The maximum Gasteiger partial charge on any atom is 0.227 e. The largest absolute Gasteiger partial charge is 0.495 e. The summed E-state index contributed by atoms with van der Waals surface area (Å²) < 4.78 is 28.9. The van der Waals surface area contributed by atoms with Crippen molar-refractivity contribution in [3.63, 3.8) is 0 Å². The summed E-state index contributed by atoms with van der Waals surface area (Å²) in [4.78, 5) is 10.9. The number of benzene rings is 1. The predicted octanol–water partition coefficient (Wildman–Crippen LogP) is 2.47. The number of nitrogens with zero attached hydrogens (tertiary/aromatic N) is 3. The van der Waals surface area contributed by atoms with Crippen molar-refractivity contribution < 1.29 is 13.2 Å². The average Bonchev–Trinajstić information content (AvgIpc) is 2.94. The van der Waals surface area contributed by atoms with E-state index in [1.165, 1.54) is 0 Å². The van der Waals surface area contributed by atoms with Crippen LogP contribution in [-0.2, 0) is 9.84 Å². The van der Waals surface area contributed by atoms with Gasteiger partial charge in [-0.3, -0.25) is 0 Å². The third kappa shape index (κ3) is 4.07. The molecule has 1 unspecified atom stereocenters. The molecule has 8 heteroatoms. The zero-order valence-corrected chi connectivity index (χ0v) is 16.3. The van der Waals surface area contributed by atoms with Crippen molar-refractivity contribution in [2.24, 2.45) is 0 Å². The van der Waals surface area contributed by atoms with Gasteiger partial charge in [0, 0.05) is 24.8 Å². The van der Waals surface area contributed by atoms with E-state index in [0.29, 0.717) is 18.2 Å². The number of nitrogens with one attached hydrogen (secondary N) is 1. The second-order valence-corrected chi connectivity index (χ2v) is 8.92. The second kappa shape index (κ2) is 7.11. The van der Waals surface area contributed by atoms with E-state index in [9.17, 15) is 8.42 Å². The Morgan fingerprint density at radius 3 is 2.65 bits per heavy atom. The number of aryl methyl sites for hydroxylation is 2. The van der Waals surface area contributed by atoms with Gasteiger partial charge in [0.1, 0.15) is 11.6 Å². The van der Waals surface area contributed by atoms with Gasteiger partial charge in [0.2, 0.25) is 5.95 Å². The molecule has 1 saturated heterocycles. The first kappa shape index (κ1) is 18.4. The fourth-order valence-corrected chi connectivity index (χ4v) is 4.85. The van der Waals surface area contributed by atoms with Crippen LogP contribution in [0.1, 0.15) is 17.7 Å². The smallest absolute Gasteiger partial charge is 0.227 e. The third-order valence-electron chi connectivity index (χ3n) is 4.53. The van der Waals surface area contributed by atoms with E-state index < -0.39 is 9.84 Å². The summed E-state index contributed by atoms with van der Waals surface area (Å²) in [7, 11) is 0.510. The van der Waals surface area contributed by atoms with E-state index in [-0.39, 0.29) is 17.5 Å². The van der Waals surface area contributed by atoms with E-state index >= 15 is 0 Å². The Morgan fingerprint density at radius 2 is 2.00 bits per heavy atom. The number of hydrogen-bond donors (Lipinski definition) is 1. The van der Waals surface area contributed by atoms with Crippen molar-refractivity contribution in [2.75, 3.05) is 35.9 Å². The van der Waals surface area contributed by atoms with Crippen LogP contribution in [0.25, 0.3) is 0 Å². The molecule has 7 nitrogen and oxygen atoms in total. The number of rotatable bonds is 5. The van der Waals surface area contributed by atoms with E-state index in [4.69, 9.17) is 4.74 Å². The zero-order chi connectivity index (χ0) is 18.9. The van der Waals surface area contributed by atoms with Crippen LogP contribution in [0.3, 0.4) is 0 Å². The summed E-state index contributed by atoms with van der Waals surface area (Å²) in [6.07, 6.45) is 0.602. The van der Waals surface area contributed by atoms with Crippen molar-refractivity contribution in [3.05, 3.63) is 35.5 Å². The molecule has 26 heavy (non-hydrogen) atoms.